The third-order valence-corrected chi connectivity index (χ3v) is 6.49. The van der Waals surface area contributed by atoms with Gasteiger partial charge in [-0.15, -0.1) is 11.3 Å². The molecule has 0 saturated heterocycles. The molecule has 1 aromatic carbocycles. The van der Waals surface area contributed by atoms with E-state index in [1.54, 1.807) is 11.4 Å². The summed E-state index contributed by atoms with van der Waals surface area (Å²) in [4.78, 5) is 1.44. The van der Waals surface area contributed by atoms with Crippen LogP contribution in [0.5, 0.6) is 0 Å². The number of para-hydroxylation sites is 1. The van der Waals surface area contributed by atoms with Gasteiger partial charge in [0.2, 0.25) is 0 Å². The first-order valence-electron chi connectivity index (χ1n) is 7.01. The number of thiophene rings is 1. The van der Waals surface area contributed by atoms with Crippen molar-refractivity contribution in [2.75, 3.05) is 17.4 Å². The van der Waals surface area contributed by atoms with Gasteiger partial charge in [-0.25, -0.2) is 8.42 Å². The molecule has 1 aromatic heterocycles. The van der Waals surface area contributed by atoms with Crippen molar-refractivity contribution in [1.82, 2.24) is 5.32 Å². The Kier molecular flexibility index (Phi) is 4.01. The fourth-order valence-electron chi connectivity index (χ4n) is 2.52. The Balaban J connectivity index is 1.89. The Morgan fingerprint density at radius 3 is 2.95 bits per heavy atom. The Morgan fingerprint density at radius 1 is 1.33 bits per heavy atom. The molecule has 0 radical (unpaired) electrons. The Morgan fingerprint density at radius 2 is 2.14 bits per heavy atom. The minimum absolute atomic E-state index is 0.400. The summed E-state index contributed by atoms with van der Waals surface area (Å²) in [5, 5.41) is 4.96. The molecule has 1 N–H and O–H groups in total. The SMILES string of the molecule is CCNCc1cc(S(=O)(=O)N2CCc3ccccc32)cs1. The second-order valence-electron chi connectivity index (χ2n) is 4.98. The highest BCUT2D eigenvalue weighted by Gasteiger charge is 2.31. The second kappa shape index (κ2) is 5.79. The van der Waals surface area contributed by atoms with Crippen LogP contribution in [0.4, 0.5) is 5.69 Å². The number of nitrogens with zero attached hydrogens (tertiary/aromatic N) is 1. The topological polar surface area (TPSA) is 49.4 Å². The number of hydrogen-bond donors (Lipinski definition) is 1. The smallest absolute Gasteiger partial charge is 0.265 e. The summed E-state index contributed by atoms with van der Waals surface area (Å²) in [7, 11) is -3.44. The van der Waals surface area contributed by atoms with E-state index < -0.39 is 10.0 Å². The maximum atomic E-state index is 12.8. The summed E-state index contributed by atoms with van der Waals surface area (Å²) >= 11 is 1.49. The van der Waals surface area contributed by atoms with Gasteiger partial charge in [0.15, 0.2) is 0 Å². The van der Waals surface area contributed by atoms with Crippen molar-refractivity contribution in [3.63, 3.8) is 0 Å². The van der Waals surface area contributed by atoms with Gasteiger partial charge >= 0.3 is 0 Å². The average Bonchev–Trinajstić information content (AvgIpc) is 3.12. The van der Waals surface area contributed by atoms with E-state index in [9.17, 15) is 8.42 Å². The summed E-state index contributed by atoms with van der Waals surface area (Å²) in [5.74, 6) is 0. The number of sulfonamides is 1. The molecule has 0 fully saturated rings. The van der Waals surface area contributed by atoms with Crippen molar-refractivity contribution in [3.8, 4) is 0 Å². The Bertz CT molecular complexity index is 738. The molecule has 0 aliphatic carbocycles. The molecule has 112 valence electrons. The van der Waals surface area contributed by atoms with Gasteiger partial charge in [0, 0.05) is 23.3 Å². The molecule has 0 saturated carbocycles. The van der Waals surface area contributed by atoms with Gasteiger partial charge in [-0.2, -0.15) is 0 Å². The fraction of sp³-hybridized carbons (Fsp3) is 0.333. The molecule has 2 aromatic rings. The highest BCUT2D eigenvalue weighted by molar-refractivity contribution is 7.93. The summed E-state index contributed by atoms with van der Waals surface area (Å²) in [6.45, 7) is 4.15. The summed E-state index contributed by atoms with van der Waals surface area (Å²) in [6, 6.07) is 9.50. The Hall–Kier alpha value is -1.37. The molecule has 0 spiro atoms. The predicted molar refractivity (Wildman–Crippen MR) is 86.4 cm³/mol. The molecule has 6 heteroatoms. The van der Waals surface area contributed by atoms with E-state index in [-0.39, 0.29) is 0 Å². The van der Waals surface area contributed by atoms with Crippen LogP contribution >= 0.6 is 11.3 Å². The summed E-state index contributed by atoms with van der Waals surface area (Å²) < 4.78 is 27.1. The standard InChI is InChI=1S/C15H18N2O2S2/c1-2-16-10-13-9-14(11-20-13)21(18,19)17-8-7-12-5-3-4-6-15(12)17/h3-6,9,11,16H,2,7-8,10H2,1H3. The zero-order valence-electron chi connectivity index (χ0n) is 11.9. The van der Waals surface area contributed by atoms with Gasteiger partial charge in [-0.3, -0.25) is 4.31 Å². The van der Waals surface area contributed by atoms with E-state index in [0.717, 1.165) is 29.1 Å². The average molecular weight is 322 g/mol. The van der Waals surface area contributed by atoms with Gasteiger partial charge in [-0.1, -0.05) is 25.1 Å². The second-order valence-corrected chi connectivity index (χ2v) is 7.84. The molecular weight excluding hydrogens is 304 g/mol. The number of benzene rings is 1. The lowest BCUT2D eigenvalue weighted by molar-refractivity contribution is 0.592. The molecule has 0 amide bonds. The van der Waals surface area contributed by atoms with Crippen LogP contribution in [0.3, 0.4) is 0 Å². The molecule has 2 heterocycles. The first kappa shape index (κ1) is 14.6. The van der Waals surface area contributed by atoms with Gasteiger partial charge < -0.3 is 5.32 Å². The predicted octanol–water partition coefficient (Wildman–Crippen LogP) is 2.61. The third-order valence-electron chi connectivity index (χ3n) is 3.61. The molecule has 1 aliphatic rings. The largest absolute Gasteiger partial charge is 0.312 e. The maximum absolute atomic E-state index is 12.8. The molecule has 1 aliphatic heterocycles. The first-order valence-corrected chi connectivity index (χ1v) is 9.33. The molecule has 21 heavy (non-hydrogen) atoms. The van der Waals surface area contributed by atoms with Crippen LogP contribution in [0.2, 0.25) is 0 Å². The van der Waals surface area contributed by atoms with Crippen molar-refractivity contribution in [1.29, 1.82) is 0 Å². The van der Waals surface area contributed by atoms with E-state index in [0.29, 0.717) is 18.0 Å². The third kappa shape index (κ3) is 2.71. The molecular formula is C15H18N2O2S2. The zero-order chi connectivity index (χ0) is 14.9. The van der Waals surface area contributed by atoms with Crippen molar-refractivity contribution in [2.24, 2.45) is 0 Å². The number of rotatable bonds is 5. The maximum Gasteiger partial charge on any atom is 0.265 e. The summed E-state index contributed by atoms with van der Waals surface area (Å²) in [5.41, 5.74) is 1.92. The van der Waals surface area contributed by atoms with Crippen LogP contribution in [0, 0.1) is 0 Å². The van der Waals surface area contributed by atoms with E-state index in [1.807, 2.05) is 31.2 Å². The lowest BCUT2D eigenvalue weighted by atomic mass is 10.2. The number of fused-ring (bicyclic) bond motifs is 1. The number of nitrogens with one attached hydrogen (secondary N) is 1. The van der Waals surface area contributed by atoms with Crippen LogP contribution in [0.1, 0.15) is 17.4 Å². The molecule has 3 rings (SSSR count). The fourth-order valence-corrected chi connectivity index (χ4v) is 5.26. The normalized spacial score (nSPS) is 14.4. The monoisotopic (exact) mass is 322 g/mol. The van der Waals surface area contributed by atoms with E-state index in [1.165, 1.54) is 15.6 Å². The number of anilines is 1. The van der Waals surface area contributed by atoms with Gasteiger partial charge in [0.05, 0.1) is 10.6 Å². The van der Waals surface area contributed by atoms with Crippen LogP contribution in [0.25, 0.3) is 0 Å². The van der Waals surface area contributed by atoms with Crippen LogP contribution in [-0.4, -0.2) is 21.5 Å². The lowest BCUT2D eigenvalue weighted by Crippen LogP contribution is -2.28. The van der Waals surface area contributed by atoms with E-state index in [4.69, 9.17) is 0 Å². The quantitative estimate of drug-likeness (QED) is 0.920. The minimum Gasteiger partial charge on any atom is -0.312 e. The van der Waals surface area contributed by atoms with Crippen molar-refractivity contribution in [3.05, 3.63) is 46.2 Å². The highest BCUT2D eigenvalue weighted by atomic mass is 32.2. The van der Waals surface area contributed by atoms with Crippen molar-refractivity contribution < 1.29 is 8.42 Å². The summed E-state index contributed by atoms with van der Waals surface area (Å²) in [6.07, 6.45) is 0.782. The van der Waals surface area contributed by atoms with E-state index >= 15 is 0 Å². The molecule has 0 unspecified atom stereocenters. The molecule has 0 atom stereocenters. The molecule has 0 bridgehead atoms. The first-order chi connectivity index (χ1) is 10.1. The highest BCUT2D eigenvalue weighted by Crippen LogP contribution is 2.33. The molecule has 4 nitrogen and oxygen atoms in total. The van der Waals surface area contributed by atoms with Crippen molar-refractivity contribution >= 4 is 27.0 Å². The zero-order valence-corrected chi connectivity index (χ0v) is 13.5. The van der Waals surface area contributed by atoms with Crippen LogP contribution < -0.4 is 9.62 Å². The number of hydrogen-bond acceptors (Lipinski definition) is 4. The lowest BCUT2D eigenvalue weighted by Gasteiger charge is -2.18. The van der Waals surface area contributed by atoms with Gasteiger partial charge in [0.25, 0.3) is 10.0 Å². The Labute approximate surface area is 129 Å². The van der Waals surface area contributed by atoms with E-state index in [2.05, 4.69) is 5.32 Å². The van der Waals surface area contributed by atoms with Crippen LogP contribution in [0.15, 0.2) is 40.6 Å². The van der Waals surface area contributed by atoms with Gasteiger partial charge in [-0.05, 0) is 30.7 Å². The van der Waals surface area contributed by atoms with Crippen LogP contribution in [-0.2, 0) is 23.0 Å². The minimum atomic E-state index is -3.44. The van der Waals surface area contributed by atoms with Gasteiger partial charge in [0.1, 0.15) is 0 Å². The van der Waals surface area contributed by atoms with Crippen molar-refractivity contribution in [2.45, 2.75) is 24.8 Å².